The van der Waals surface area contributed by atoms with E-state index in [9.17, 15) is 23.3 Å². The molecule has 1 aromatic rings. The average Bonchev–Trinajstić information content (AvgIpc) is 2.37. The number of nitrogens with one attached hydrogen (secondary N) is 1. The molecule has 0 aromatic heterocycles. The first-order valence-electron chi connectivity index (χ1n) is 5.77. The maximum Gasteiger partial charge on any atom is 0.416 e. The number of benzene rings is 1. The van der Waals surface area contributed by atoms with Crippen LogP contribution in [0.5, 0.6) is 0 Å². The SMILES string of the molecule is O=[N+]([O-])c1cc(N2CCNCC2Cl)cc(C(F)(F)F)c1. The number of non-ortho nitro benzene ring substituents is 1. The van der Waals surface area contributed by atoms with Gasteiger partial charge in [-0.25, -0.2) is 0 Å². The molecule has 2 rings (SSSR count). The molecule has 0 radical (unpaired) electrons. The van der Waals surface area contributed by atoms with Crippen LogP contribution in [0.25, 0.3) is 0 Å². The number of anilines is 1. The van der Waals surface area contributed by atoms with Crippen molar-refractivity contribution >= 4 is 23.0 Å². The van der Waals surface area contributed by atoms with Gasteiger partial charge < -0.3 is 10.2 Å². The predicted molar refractivity (Wildman–Crippen MR) is 68.0 cm³/mol. The van der Waals surface area contributed by atoms with Gasteiger partial charge in [-0.15, -0.1) is 0 Å². The lowest BCUT2D eigenvalue weighted by atomic mass is 10.1. The number of nitro groups is 1. The Kier molecular flexibility index (Phi) is 4.05. The molecule has 1 N–H and O–H groups in total. The standard InChI is InChI=1S/C11H11ClF3N3O2/c12-10-6-16-1-2-17(10)8-3-7(11(13,14)15)4-9(5-8)18(19)20/h3-5,10,16H,1-2,6H2. The topological polar surface area (TPSA) is 58.4 Å². The molecule has 0 bridgehead atoms. The number of hydrogen-bond acceptors (Lipinski definition) is 4. The highest BCUT2D eigenvalue weighted by atomic mass is 35.5. The molecule has 0 aliphatic carbocycles. The second kappa shape index (κ2) is 5.45. The Morgan fingerprint density at radius 2 is 2.10 bits per heavy atom. The van der Waals surface area contributed by atoms with Crippen molar-refractivity contribution in [2.45, 2.75) is 11.7 Å². The van der Waals surface area contributed by atoms with Crippen LogP contribution in [0.3, 0.4) is 0 Å². The van der Waals surface area contributed by atoms with E-state index in [-0.39, 0.29) is 5.69 Å². The molecule has 0 saturated carbocycles. The van der Waals surface area contributed by atoms with Gasteiger partial charge in [0.1, 0.15) is 5.50 Å². The first kappa shape index (κ1) is 14.9. The van der Waals surface area contributed by atoms with Gasteiger partial charge in [0.2, 0.25) is 0 Å². The van der Waals surface area contributed by atoms with E-state index in [0.29, 0.717) is 25.7 Å². The average molecular weight is 310 g/mol. The fraction of sp³-hybridized carbons (Fsp3) is 0.455. The third-order valence-electron chi connectivity index (χ3n) is 2.95. The molecule has 1 aromatic carbocycles. The third kappa shape index (κ3) is 3.13. The summed E-state index contributed by atoms with van der Waals surface area (Å²) in [4.78, 5) is 11.4. The summed E-state index contributed by atoms with van der Waals surface area (Å²) in [6.45, 7) is 1.32. The zero-order valence-electron chi connectivity index (χ0n) is 10.2. The minimum absolute atomic E-state index is 0.105. The number of piperazine rings is 1. The summed E-state index contributed by atoms with van der Waals surface area (Å²) in [5, 5.41) is 13.8. The second-order valence-corrected chi connectivity index (χ2v) is 4.83. The highest BCUT2D eigenvalue weighted by Crippen LogP contribution is 2.36. The fourth-order valence-electron chi connectivity index (χ4n) is 1.99. The van der Waals surface area contributed by atoms with Gasteiger partial charge in [-0.1, -0.05) is 11.6 Å². The largest absolute Gasteiger partial charge is 0.416 e. The number of rotatable bonds is 2. The summed E-state index contributed by atoms with van der Waals surface area (Å²) < 4.78 is 38.4. The van der Waals surface area contributed by atoms with Crippen LogP contribution in [0.2, 0.25) is 0 Å². The summed E-state index contributed by atoms with van der Waals surface area (Å²) in [5.41, 5.74) is -2.10. The van der Waals surface area contributed by atoms with E-state index in [1.807, 2.05) is 0 Å². The van der Waals surface area contributed by atoms with Gasteiger partial charge in [0, 0.05) is 37.5 Å². The summed E-state index contributed by atoms with van der Waals surface area (Å²) in [5.74, 6) is 0. The molecule has 1 unspecified atom stereocenters. The van der Waals surface area contributed by atoms with E-state index in [1.54, 1.807) is 0 Å². The first-order chi connectivity index (χ1) is 9.29. The monoisotopic (exact) mass is 309 g/mol. The molecule has 1 aliphatic heterocycles. The number of alkyl halides is 4. The molecule has 1 heterocycles. The Hall–Kier alpha value is -1.54. The molecule has 1 aliphatic rings. The predicted octanol–water partition coefficient (Wildman–Crippen LogP) is 2.59. The van der Waals surface area contributed by atoms with Crippen LogP contribution in [-0.2, 0) is 6.18 Å². The van der Waals surface area contributed by atoms with E-state index >= 15 is 0 Å². The van der Waals surface area contributed by atoms with Crippen molar-refractivity contribution in [3.05, 3.63) is 33.9 Å². The second-order valence-electron chi connectivity index (χ2n) is 4.32. The summed E-state index contributed by atoms with van der Waals surface area (Å²) in [6, 6.07) is 2.51. The van der Waals surface area contributed by atoms with Crippen LogP contribution in [0.1, 0.15) is 5.56 Å². The Bertz CT molecular complexity index is 524. The highest BCUT2D eigenvalue weighted by Gasteiger charge is 2.34. The van der Waals surface area contributed by atoms with Gasteiger partial charge in [0.25, 0.3) is 5.69 Å². The lowest BCUT2D eigenvalue weighted by Crippen LogP contribution is -2.48. The first-order valence-corrected chi connectivity index (χ1v) is 6.21. The van der Waals surface area contributed by atoms with E-state index < -0.39 is 27.9 Å². The molecular formula is C11H11ClF3N3O2. The molecule has 5 nitrogen and oxygen atoms in total. The smallest absolute Gasteiger partial charge is 0.353 e. The van der Waals surface area contributed by atoms with Crippen molar-refractivity contribution in [2.75, 3.05) is 24.5 Å². The lowest BCUT2D eigenvalue weighted by molar-refractivity contribution is -0.385. The molecule has 1 atom stereocenters. The lowest BCUT2D eigenvalue weighted by Gasteiger charge is -2.34. The van der Waals surface area contributed by atoms with Crippen LogP contribution >= 0.6 is 11.6 Å². The summed E-state index contributed by atoms with van der Waals surface area (Å²) in [7, 11) is 0. The number of nitrogens with zero attached hydrogens (tertiary/aromatic N) is 2. The van der Waals surface area contributed by atoms with Crippen LogP contribution < -0.4 is 10.2 Å². The number of nitro benzene ring substituents is 1. The van der Waals surface area contributed by atoms with Crippen molar-refractivity contribution in [1.29, 1.82) is 0 Å². The molecule has 9 heteroatoms. The molecule has 1 saturated heterocycles. The Morgan fingerprint density at radius 1 is 1.40 bits per heavy atom. The van der Waals surface area contributed by atoms with E-state index in [0.717, 1.165) is 12.1 Å². The van der Waals surface area contributed by atoms with Crippen molar-refractivity contribution in [3.8, 4) is 0 Å². The van der Waals surface area contributed by atoms with Gasteiger partial charge in [-0.05, 0) is 6.07 Å². The normalized spacial score (nSPS) is 20.0. The maximum absolute atomic E-state index is 12.8. The maximum atomic E-state index is 12.8. The zero-order chi connectivity index (χ0) is 14.9. The molecule has 0 spiro atoms. The van der Waals surface area contributed by atoms with Crippen LogP contribution in [-0.4, -0.2) is 30.1 Å². The minimum Gasteiger partial charge on any atom is -0.353 e. The van der Waals surface area contributed by atoms with E-state index in [4.69, 9.17) is 11.6 Å². The summed E-state index contributed by atoms with van der Waals surface area (Å²) in [6.07, 6.45) is -4.64. The third-order valence-corrected chi connectivity index (χ3v) is 3.34. The van der Waals surface area contributed by atoms with Crippen LogP contribution in [0.15, 0.2) is 18.2 Å². The molecule has 20 heavy (non-hydrogen) atoms. The van der Waals surface area contributed by atoms with Gasteiger partial charge in [0.05, 0.1) is 10.5 Å². The molecular weight excluding hydrogens is 299 g/mol. The van der Waals surface area contributed by atoms with Crippen molar-refractivity contribution in [2.24, 2.45) is 0 Å². The van der Waals surface area contributed by atoms with Crippen molar-refractivity contribution < 1.29 is 18.1 Å². The van der Waals surface area contributed by atoms with Gasteiger partial charge >= 0.3 is 6.18 Å². The molecule has 1 fully saturated rings. The van der Waals surface area contributed by atoms with Gasteiger partial charge in [-0.2, -0.15) is 13.2 Å². The zero-order valence-corrected chi connectivity index (χ0v) is 10.9. The highest BCUT2D eigenvalue weighted by molar-refractivity contribution is 6.22. The summed E-state index contributed by atoms with van der Waals surface area (Å²) >= 11 is 6.03. The van der Waals surface area contributed by atoms with Gasteiger partial charge in [-0.3, -0.25) is 10.1 Å². The number of hydrogen-bond donors (Lipinski definition) is 1. The minimum atomic E-state index is -4.64. The van der Waals surface area contributed by atoms with Gasteiger partial charge in [0.15, 0.2) is 0 Å². The number of halogens is 4. The Balaban J connectivity index is 2.46. The van der Waals surface area contributed by atoms with Crippen LogP contribution in [0.4, 0.5) is 24.5 Å². The van der Waals surface area contributed by atoms with Crippen LogP contribution in [0, 0.1) is 10.1 Å². The van der Waals surface area contributed by atoms with Crippen molar-refractivity contribution in [3.63, 3.8) is 0 Å². The fourth-order valence-corrected chi connectivity index (χ4v) is 2.31. The van der Waals surface area contributed by atoms with Crippen molar-refractivity contribution in [1.82, 2.24) is 5.32 Å². The van der Waals surface area contributed by atoms with E-state index in [1.165, 1.54) is 4.90 Å². The quantitative estimate of drug-likeness (QED) is 0.395. The van der Waals surface area contributed by atoms with E-state index in [2.05, 4.69) is 5.32 Å². The Labute approximate surface area is 117 Å². The molecule has 0 amide bonds. The molecule has 110 valence electrons. The Morgan fingerprint density at radius 3 is 2.65 bits per heavy atom.